The van der Waals surface area contributed by atoms with Crippen molar-refractivity contribution in [3.05, 3.63) is 30.9 Å². The third kappa shape index (κ3) is 1.01. The number of hydrogen-bond donors (Lipinski definition) is 1. The van der Waals surface area contributed by atoms with E-state index in [1.807, 2.05) is 0 Å². The summed E-state index contributed by atoms with van der Waals surface area (Å²) in [4.78, 5) is 3.93. The molecule has 12 heavy (non-hydrogen) atoms. The first-order valence-electron chi connectivity index (χ1n) is 3.44. The van der Waals surface area contributed by atoms with Gasteiger partial charge in [0, 0.05) is 6.20 Å². The van der Waals surface area contributed by atoms with E-state index in [9.17, 15) is 0 Å². The number of anilines is 1. The number of nitrogens with two attached hydrogens (primary N) is 1. The summed E-state index contributed by atoms with van der Waals surface area (Å²) in [5.74, 6) is 0. The Hall–Kier alpha value is -1.91. The molecule has 0 unspecified atom stereocenters. The smallest absolute Gasteiger partial charge is 0.108 e. The Morgan fingerprint density at radius 2 is 2.25 bits per heavy atom. The molecule has 0 saturated heterocycles. The maximum atomic E-state index is 5.68. The van der Waals surface area contributed by atoms with Crippen LogP contribution in [0.5, 0.6) is 0 Å². The lowest BCUT2D eigenvalue weighted by Gasteiger charge is -2.01. The van der Waals surface area contributed by atoms with Gasteiger partial charge in [0.1, 0.15) is 5.69 Å². The van der Waals surface area contributed by atoms with Crippen LogP contribution in [0, 0.1) is 0 Å². The lowest BCUT2D eigenvalue weighted by Crippen LogP contribution is -2.00. The van der Waals surface area contributed by atoms with Crippen molar-refractivity contribution in [2.45, 2.75) is 0 Å². The van der Waals surface area contributed by atoms with E-state index < -0.39 is 0 Å². The van der Waals surface area contributed by atoms with Crippen LogP contribution in [0.25, 0.3) is 5.69 Å². The lowest BCUT2D eigenvalue weighted by molar-refractivity contribution is 0.801. The second-order valence-electron chi connectivity index (χ2n) is 2.28. The molecule has 2 aromatic rings. The molecule has 0 amide bonds. The van der Waals surface area contributed by atoms with Crippen LogP contribution in [0.4, 0.5) is 5.69 Å². The number of hydrogen-bond acceptors (Lipinski definition) is 4. The van der Waals surface area contributed by atoms with Crippen molar-refractivity contribution in [3.8, 4) is 5.69 Å². The molecule has 5 heteroatoms. The summed E-state index contributed by atoms with van der Waals surface area (Å²) < 4.78 is 1.57. The normalized spacial score (nSPS) is 10.0. The first-order valence-corrected chi connectivity index (χ1v) is 3.44. The van der Waals surface area contributed by atoms with Crippen molar-refractivity contribution >= 4 is 5.69 Å². The Balaban J connectivity index is 2.55. The Morgan fingerprint density at radius 3 is 2.92 bits per heavy atom. The third-order valence-electron chi connectivity index (χ3n) is 1.50. The average molecular weight is 161 g/mol. The van der Waals surface area contributed by atoms with Gasteiger partial charge in [-0.15, -0.1) is 5.10 Å². The molecule has 0 aliphatic heterocycles. The second kappa shape index (κ2) is 2.61. The highest BCUT2D eigenvalue weighted by Crippen LogP contribution is 2.11. The van der Waals surface area contributed by atoms with Crippen molar-refractivity contribution in [2.24, 2.45) is 0 Å². The minimum Gasteiger partial charge on any atom is -0.397 e. The highest BCUT2D eigenvalue weighted by Gasteiger charge is 1.99. The van der Waals surface area contributed by atoms with E-state index in [1.165, 1.54) is 0 Å². The van der Waals surface area contributed by atoms with Crippen LogP contribution in [-0.2, 0) is 0 Å². The summed E-state index contributed by atoms with van der Waals surface area (Å²) in [5.41, 5.74) is 7.06. The van der Waals surface area contributed by atoms with E-state index in [0.717, 1.165) is 5.69 Å². The molecule has 0 saturated carbocycles. The SMILES string of the molecule is Nc1ccncc1-n1ccnn1. The highest BCUT2D eigenvalue weighted by atomic mass is 15.4. The molecule has 0 aliphatic rings. The number of aromatic nitrogens is 4. The second-order valence-corrected chi connectivity index (χ2v) is 2.28. The molecule has 0 aromatic carbocycles. The van der Waals surface area contributed by atoms with Crippen molar-refractivity contribution in [2.75, 3.05) is 5.73 Å². The molecule has 0 atom stereocenters. The molecule has 60 valence electrons. The van der Waals surface area contributed by atoms with Crippen molar-refractivity contribution in [1.29, 1.82) is 0 Å². The lowest BCUT2D eigenvalue weighted by atomic mass is 10.3. The van der Waals surface area contributed by atoms with Crippen LogP contribution in [0.1, 0.15) is 0 Å². The van der Waals surface area contributed by atoms with Gasteiger partial charge >= 0.3 is 0 Å². The standard InChI is InChI=1S/C7H7N5/c8-6-1-2-9-5-7(6)12-4-3-10-11-12/h1-5H,(H2,8,9). The Kier molecular flexibility index (Phi) is 1.48. The van der Waals surface area contributed by atoms with Gasteiger partial charge in [-0.1, -0.05) is 5.21 Å². The van der Waals surface area contributed by atoms with Crippen molar-refractivity contribution in [3.63, 3.8) is 0 Å². The predicted octanol–water partition coefficient (Wildman–Crippen LogP) is 0.244. The fourth-order valence-corrected chi connectivity index (χ4v) is 0.925. The van der Waals surface area contributed by atoms with Gasteiger partial charge in [0.2, 0.25) is 0 Å². The van der Waals surface area contributed by atoms with Crippen LogP contribution in [0.3, 0.4) is 0 Å². The van der Waals surface area contributed by atoms with Gasteiger partial charge < -0.3 is 5.73 Å². The minimum absolute atomic E-state index is 0.635. The first kappa shape index (κ1) is 6.78. The quantitative estimate of drug-likeness (QED) is 0.650. The van der Waals surface area contributed by atoms with E-state index >= 15 is 0 Å². The van der Waals surface area contributed by atoms with Crippen LogP contribution < -0.4 is 5.73 Å². The van der Waals surface area contributed by atoms with Crippen LogP contribution in [-0.4, -0.2) is 20.0 Å². The van der Waals surface area contributed by atoms with Gasteiger partial charge in [-0.05, 0) is 6.07 Å². The molecular weight excluding hydrogens is 154 g/mol. The predicted molar refractivity (Wildman–Crippen MR) is 43.6 cm³/mol. The van der Waals surface area contributed by atoms with Gasteiger partial charge in [-0.3, -0.25) is 4.98 Å². The Morgan fingerprint density at radius 1 is 1.33 bits per heavy atom. The summed E-state index contributed by atoms with van der Waals surface area (Å²) in [6.45, 7) is 0. The van der Waals surface area contributed by atoms with Gasteiger partial charge in [0.05, 0.1) is 24.3 Å². The Labute approximate surface area is 68.8 Å². The van der Waals surface area contributed by atoms with Gasteiger partial charge in [-0.2, -0.15) is 0 Å². The van der Waals surface area contributed by atoms with Gasteiger partial charge in [-0.25, -0.2) is 4.68 Å². The van der Waals surface area contributed by atoms with Gasteiger partial charge in [0.15, 0.2) is 0 Å². The van der Waals surface area contributed by atoms with E-state index in [2.05, 4.69) is 15.3 Å². The largest absolute Gasteiger partial charge is 0.397 e. The van der Waals surface area contributed by atoms with Crippen LogP contribution in [0.2, 0.25) is 0 Å². The molecule has 2 N–H and O–H groups in total. The van der Waals surface area contributed by atoms with Crippen molar-refractivity contribution in [1.82, 2.24) is 20.0 Å². The average Bonchev–Trinajstić information content (AvgIpc) is 2.57. The highest BCUT2D eigenvalue weighted by molar-refractivity contribution is 5.54. The number of nitrogen functional groups attached to an aromatic ring is 1. The summed E-state index contributed by atoms with van der Waals surface area (Å²) in [6, 6.07) is 1.72. The molecule has 2 rings (SSSR count). The summed E-state index contributed by atoms with van der Waals surface area (Å²) in [6.07, 6.45) is 6.58. The first-order chi connectivity index (χ1) is 5.88. The molecule has 0 aliphatic carbocycles. The molecular formula is C7H7N5. The number of rotatable bonds is 1. The molecule has 0 spiro atoms. The third-order valence-corrected chi connectivity index (χ3v) is 1.50. The molecule has 2 heterocycles. The zero-order chi connectivity index (χ0) is 8.39. The maximum Gasteiger partial charge on any atom is 0.108 e. The van der Waals surface area contributed by atoms with E-state index in [1.54, 1.807) is 35.5 Å². The molecule has 0 radical (unpaired) electrons. The van der Waals surface area contributed by atoms with Crippen LogP contribution >= 0.6 is 0 Å². The fourth-order valence-electron chi connectivity index (χ4n) is 0.925. The van der Waals surface area contributed by atoms with E-state index in [4.69, 9.17) is 5.73 Å². The topological polar surface area (TPSA) is 69.6 Å². The summed E-state index contributed by atoms with van der Waals surface area (Å²) in [5, 5.41) is 7.46. The fraction of sp³-hybridized carbons (Fsp3) is 0. The maximum absolute atomic E-state index is 5.68. The zero-order valence-electron chi connectivity index (χ0n) is 6.25. The summed E-state index contributed by atoms with van der Waals surface area (Å²) >= 11 is 0. The van der Waals surface area contributed by atoms with E-state index in [0.29, 0.717) is 5.69 Å². The van der Waals surface area contributed by atoms with Crippen LogP contribution in [0.15, 0.2) is 30.9 Å². The monoisotopic (exact) mass is 161 g/mol. The van der Waals surface area contributed by atoms with Gasteiger partial charge in [0.25, 0.3) is 0 Å². The van der Waals surface area contributed by atoms with E-state index in [-0.39, 0.29) is 0 Å². The number of nitrogens with zero attached hydrogens (tertiary/aromatic N) is 4. The van der Waals surface area contributed by atoms with Crippen molar-refractivity contribution < 1.29 is 0 Å². The Bertz CT molecular complexity index is 367. The minimum atomic E-state index is 0.635. The molecule has 0 bridgehead atoms. The molecule has 0 fully saturated rings. The molecule has 5 nitrogen and oxygen atoms in total. The zero-order valence-corrected chi connectivity index (χ0v) is 6.25. The number of pyridine rings is 1. The summed E-state index contributed by atoms with van der Waals surface area (Å²) in [7, 11) is 0. The molecule has 2 aromatic heterocycles.